The van der Waals surface area contributed by atoms with Gasteiger partial charge in [0.15, 0.2) is 10.9 Å². The molecule has 0 atom stereocenters. The van der Waals surface area contributed by atoms with Crippen LogP contribution in [-0.2, 0) is 4.79 Å². The summed E-state index contributed by atoms with van der Waals surface area (Å²) in [5.74, 6) is -1.23. The van der Waals surface area contributed by atoms with Gasteiger partial charge in [0.2, 0.25) is 5.91 Å². The van der Waals surface area contributed by atoms with Crippen molar-refractivity contribution in [2.75, 3.05) is 31.1 Å². The molecule has 0 unspecified atom stereocenters. The van der Waals surface area contributed by atoms with E-state index in [2.05, 4.69) is 23.7 Å². The molecule has 7 heteroatoms. The average Bonchev–Trinajstić information content (AvgIpc) is 3.09. The van der Waals surface area contributed by atoms with Crippen molar-refractivity contribution in [3.8, 4) is 0 Å². The van der Waals surface area contributed by atoms with E-state index in [0.717, 1.165) is 51.4 Å². The lowest BCUT2D eigenvalue weighted by atomic mass is 9.88. The highest BCUT2D eigenvalue weighted by Gasteiger charge is 2.29. The molecule has 27 heavy (non-hydrogen) atoms. The van der Waals surface area contributed by atoms with Crippen LogP contribution < -0.4 is 4.90 Å². The van der Waals surface area contributed by atoms with Crippen molar-refractivity contribution in [2.24, 2.45) is 5.92 Å². The van der Waals surface area contributed by atoms with Crippen LogP contribution in [0.4, 0.5) is 13.9 Å². The second kappa shape index (κ2) is 9.06. The molecule has 4 nitrogen and oxygen atoms in total. The Hall–Kier alpha value is -1.60. The van der Waals surface area contributed by atoms with E-state index in [1.807, 2.05) is 0 Å². The first-order valence-electron chi connectivity index (χ1n) is 9.82. The van der Waals surface area contributed by atoms with Crippen molar-refractivity contribution in [2.45, 2.75) is 46.0 Å². The molecule has 0 bridgehead atoms. The van der Waals surface area contributed by atoms with Gasteiger partial charge in [0.05, 0.1) is 4.70 Å². The van der Waals surface area contributed by atoms with Gasteiger partial charge in [-0.3, -0.25) is 9.69 Å². The van der Waals surface area contributed by atoms with Gasteiger partial charge in [-0.05, 0) is 32.0 Å². The van der Waals surface area contributed by atoms with Gasteiger partial charge < -0.3 is 4.90 Å². The molecule has 1 fully saturated rings. The normalized spacial score (nSPS) is 15.6. The highest BCUT2D eigenvalue weighted by molar-refractivity contribution is 7.22. The zero-order chi connectivity index (χ0) is 19.4. The van der Waals surface area contributed by atoms with E-state index in [4.69, 9.17) is 0 Å². The molecule has 1 aliphatic rings. The Morgan fingerprint density at radius 1 is 1.15 bits per heavy atom. The fourth-order valence-corrected chi connectivity index (χ4v) is 4.75. The maximum Gasteiger partial charge on any atom is 0.231 e. The molecular weight excluding hydrogens is 368 g/mol. The Kier molecular flexibility index (Phi) is 6.76. The molecule has 1 heterocycles. The fourth-order valence-electron chi connectivity index (χ4n) is 3.71. The number of anilines is 1. The van der Waals surface area contributed by atoms with Gasteiger partial charge in [0.25, 0.3) is 0 Å². The van der Waals surface area contributed by atoms with E-state index in [1.54, 1.807) is 4.90 Å². The summed E-state index contributed by atoms with van der Waals surface area (Å²) in [6.45, 7) is 7.24. The summed E-state index contributed by atoms with van der Waals surface area (Å²) in [6.07, 6.45) is 5.11. The minimum Gasteiger partial charge on any atom is -0.302 e. The number of amides is 1. The largest absolute Gasteiger partial charge is 0.302 e. The molecule has 3 rings (SSSR count). The van der Waals surface area contributed by atoms with Crippen molar-refractivity contribution in [1.29, 1.82) is 0 Å². The maximum atomic E-state index is 14.1. The van der Waals surface area contributed by atoms with Gasteiger partial charge in [-0.1, -0.05) is 44.4 Å². The summed E-state index contributed by atoms with van der Waals surface area (Å²) in [5, 5.41) is 0.470. The Bertz CT molecular complexity index is 785. The highest BCUT2D eigenvalue weighted by Crippen LogP contribution is 2.33. The monoisotopic (exact) mass is 395 g/mol. The van der Waals surface area contributed by atoms with Crippen molar-refractivity contribution in [1.82, 2.24) is 9.88 Å². The summed E-state index contributed by atoms with van der Waals surface area (Å²) in [4.78, 5) is 21.5. The van der Waals surface area contributed by atoms with Gasteiger partial charge in [-0.25, -0.2) is 13.8 Å². The highest BCUT2D eigenvalue weighted by atomic mass is 32.1. The summed E-state index contributed by atoms with van der Waals surface area (Å²) in [5.41, 5.74) is 0.140. The fraction of sp³-hybridized carbons (Fsp3) is 0.600. The minimum absolute atomic E-state index is 0.00375. The van der Waals surface area contributed by atoms with Crippen molar-refractivity contribution in [3.05, 3.63) is 23.8 Å². The van der Waals surface area contributed by atoms with Crippen LogP contribution in [0, 0.1) is 17.6 Å². The number of nitrogens with zero attached hydrogens (tertiary/aromatic N) is 3. The first-order valence-corrected chi connectivity index (χ1v) is 10.6. The van der Waals surface area contributed by atoms with Gasteiger partial charge in [0, 0.05) is 25.1 Å². The van der Waals surface area contributed by atoms with E-state index >= 15 is 0 Å². The first kappa shape index (κ1) is 20.1. The number of likely N-dealkylation sites (N-methyl/N-ethyl adjacent to an activating group) is 1. The number of carbonyl (C=O) groups excluding carboxylic acids is 1. The molecule has 148 valence electrons. The zero-order valence-electron chi connectivity index (χ0n) is 16.0. The lowest BCUT2D eigenvalue weighted by Crippen LogP contribution is -2.42. The summed E-state index contributed by atoms with van der Waals surface area (Å²) in [7, 11) is 0. The Labute approximate surface area is 163 Å². The van der Waals surface area contributed by atoms with Crippen molar-refractivity contribution >= 4 is 32.6 Å². The number of aromatic nitrogens is 1. The number of thiazole rings is 1. The van der Waals surface area contributed by atoms with E-state index < -0.39 is 11.6 Å². The number of benzene rings is 1. The summed E-state index contributed by atoms with van der Waals surface area (Å²) >= 11 is 1.19. The van der Waals surface area contributed by atoms with Crippen molar-refractivity contribution < 1.29 is 13.6 Å². The van der Waals surface area contributed by atoms with E-state index in [9.17, 15) is 13.6 Å². The smallest absolute Gasteiger partial charge is 0.231 e. The number of hydrogen-bond donors (Lipinski definition) is 0. The topological polar surface area (TPSA) is 36.4 Å². The lowest BCUT2D eigenvalue weighted by molar-refractivity contribution is -0.123. The number of carbonyl (C=O) groups is 1. The van der Waals surface area contributed by atoms with Gasteiger partial charge in [-0.2, -0.15) is 0 Å². The van der Waals surface area contributed by atoms with E-state index in [-0.39, 0.29) is 17.3 Å². The molecule has 0 N–H and O–H groups in total. The van der Waals surface area contributed by atoms with Crippen LogP contribution in [-0.4, -0.2) is 42.0 Å². The first-order chi connectivity index (χ1) is 13.0. The number of rotatable bonds is 7. The van der Waals surface area contributed by atoms with Crippen LogP contribution >= 0.6 is 11.3 Å². The third-order valence-electron chi connectivity index (χ3n) is 5.39. The summed E-state index contributed by atoms with van der Waals surface area (Å²) < 4.78 is 28.1. The molecular formula is C20H27F2N3OS. The molecule has 0 saturated heterocycles. The Balaban J connectivity index is 1.90. The summed E-state index contributed by atoms with van der Waals surface area (Å²) in [6, 6.07) is 2.13. The standard InChI is InChI=1S/C20H27F2N3OS/c1-3-24(4-2)10-11-25(19(26)14-8-6-5-7-9-14)20-23-18-16(22)12-15(21)13-17(18)27-20/h12-14H,3-11H2,1-2H3. The quantitative estimate of drug-likeness (QED) is 0.674. The third-order valence-corrected chi connectivity index (χ3v) is 6.41. The van der Waals surface area contributed by atoms with E-state index in [1.165, 1.54) is 23.8 Å². The minimum atomic E-state index is -0.679. The molecule has 0 radical (unpaired) electrons. The van der Waals surface area contributed by atoms with Crippen LogP contribution in [0.15, 0.2) is 12.1 Å². The Morgan fingerprint density at radius 3 is 2.52 bits per heavy atom. The molecule has 1 aliphatic carbocycles. The third kappa shape index (κ3) is 4.63. The molecule has 2 aromatic rings. The number of hydrogen-bond acceptors (Lipinski definition) is 4. The maximum absolute atomic E-state index is 14.1. The molecule has 1 aromatic carbocycles. The van der Waals surface area contributed by atoms with Crippen molar-refractivity contribution in [3.63, 3.8) is 0 Å². The van der Waals surface area contributed by atoms with Crippen LogP contribution in [0.3, 0.4) is 0 Å². The molecule has 0 spiro atoms. The molecule has 0 aliphatic heterocycles. The Morgan fingerprint density at radius 2 is 1.85 bits per heavy atom. The number of halogens is 2. The van der Waals surface area contributed by atoms with Crippen LogP contribution in [0.25, 0.3) is 10.2 Å². The van der Waals surface area contributed by atoms with Gasteiger partial charge >= 0.3 is 0 Å². The molecule has 1 amide bonds. The van der Waals surface area contributed by atoms with Crippen LogP contribution in [0.2, 0.25) is 0 Å². The molecule has 1 saturated carbocycles. The number of fused-ring (bicyclic) bond motifs is 1. The SMILES string of the molecule is CCN(CC)CCN(C(=O)C1CCCCC1)c1nc2c(F)cc(F)cc2s1. The predicted molar refractivity (Wildman–Crippen MR) is 106 cm³/mol. The van der Waals surface area contributed by atoms with Gasteiger partial charge in [0.1, 0.15) is 11.3 Å². The average molecular weight is 396 g/mol. The second-order valence-electron chi connectivity index (χ2n) is 7.08. The van der Waals surface area contributed by atoms with E-state index in [0.29, 0.717) is 16.4 Å². The van der Waals surface area contributed by atoms with Crippen LogP contribution in [0.1, 0.15) is 46.0 Å². The zero-order valence-corrected chi connectivity index (χ0v) is 16.8. The second-order valence-corrected chi connectivity index (χ2v) is 8.09. The van der Waals surface area contributed by atoms with Gasteiger partial charge in [-0.15, -0.1) is 0 Å². The molecule has 1 aromatic heterocycles. The predicted octanol–water partition coefficient (Wildman–Crippen LogP) is 4.83. The lowest BCUT2D eigenvalue weighted by Gasteiger charge is -2.29. The van der Waals surface area contributed by atoms with Crippen LogP contribution in [0.5, 0.6) is 0 Å².